The highest BCUT2D eigenvalue weighted by molar-refractivity contribution is 6.39. The van der Waals surface area contributed by atoms with Crippen LogP contribution in [0.25, 0.3) is 12.2 Å². The van der Waals surface area contributed by atoms with Crippen LogP contribution in [0.4, 0.5) is 5.69 Å². The number of amides is 2. The molecule has 31 heavy (non-hydrogen) atoms. The van der Waals surface area contributed by atoms with Gasteiger partial charge in [-0.2, -0.15) is 0 Å². The second-order valence-corrected chi connectivity index (χ2v) is 6.94. The van der Waals surface area contributed by atoms with E-state index in [1.807, 2.05) is 54.6 Å². The summed E-state index contributed by atoms with van der Waals surface area (Å²) in [5.41, 5.74) is 2.82. The Balaban J connectivity index is 1.80. The third kappa shape index (κ3) is 4.12. The van der Waals surface area contributed by atoms with Crippen LogP contribution < -0.4 is 14.4 Å². The van der Waals surface area contributed by atoms with E-state index < -0.39 is 0 Å². The van der Waals surface area contributed by atoms with Crippen LogP contribution in [-0.2, 0) is 9.59 Å². The molecular weight excluding hydrogens is 390 g/mol. The van der Waals surface area contributed by atoms with Crippen molar-refractivity contribution in [2.24, 2.45) is 0 Å². The highest BCUT2D eigenvalue weighted by Crippen LogP contribution is 2.33. The molecule has 0 N–H and O–H groups in total. The summed E-state index contributed by atoms with van der Waals surface area (Å²) >= 11 is 0. The standard InChI is InChI=1S/C26H21NO4/c1-30-21-12-8-18(9-13-21)16-23-24(17-19-10-14-22(31-2)15-11-19)26(29)27(25(23)28)20-6-4-3-5-7-20/h3-17H,1-2H3/b23-16-,24-17-. The summed E-state index contributed by atoms with van der Waals surface area (Å²) in [6, 6.07) is 23.6. The van der Waals surface area contributed by atoms with Crippen molar-refractivity contribution in [3.63, 3.8) is 0 Å². The van der Waals surface area contributed by atoms with Gasteiger partial charge in [-0.3, -0.25) is 9.59 Å². The van der Waals surface area contributed by atoms with Crippen LogP contribution in [0.1, 0.15) is 11.1 Å². The van der Waals surface area contributed by atoms with Crippen LogP contribution in [0.2, 0.25) is 0 Å². The van der Waals surface area contributed by atoms with Gasteiger partial charge in [0, 0.05) is 0 Å². The van der Waals surface area contributed by atoms with Gasteiger partial charge in [-0.05, 0) is 59.7 Å². The van der Waals surface area contributed by atoms with Crippen LogP contribution in [0.5, 0.6) is 11.5 Å². The maximum absolute atomic E-state index is 13.3. The van der Waals surface area contributed by atoms with Crippen molar-refractivity contribution < 1.29 is 19.1 Å². The molecule has 1 aliphatic rings. The quantitative estimate of drug-likeness (QED) is 0.449. The Kier molecular flexibility index (Phi) is 5.67. The van der Waals surface area contributed by atoms with E-state index in [1.54, 1.807) is 50.6 Å². The van der Waals surface area contributed by atoms with Crippen LogP contribution >= 0.6 is 0 Å². The van der Waals surface area contributed by atoms with Crippen molar-refractivity contribution in [1.82, 2.24) is 0 Å². The van der Waals surface area contributed by atoms with E-state index in [4.69, 9.17) is 9.47 Å². The number of carbonyl (C=O) groups excluding carboxylic acids is 2. The van der Waals surface area contributed by atoms with Gasteiger partial charge in [0.2, 0.25) is 0 Å². The number of carbonyl (C=O) groups is 2. The third-order valence-corrected chi connectivity index (χ3v) is 5.03. The van der Waals surface area contributed by atoms with Crippen molar-refractivity contribution in [3.05, 3.63) is 101 Å². The highest BCUT2D eigenvalue weighted by Gasteiger charge is 2.39. The zero-order valence-corrected chi connectivity index (χ0v) is 17.2. The van der Waals surface area contributed by atoms with E-state index in [0.29, 0.717) is 16.8 Å². The summed E-state index contributed by atoms with van der Waals surface area (Å²) in [5.74, 6) is 0.727. The number of hydrogen-bond acceptors (Lipinski definition) is 4. The molecule has 0 atom stereocenters. The summed E-state index contributed by atoms with van der Waals surface area (Å²) in [6.45, 7) is 0. The predicted molar refractivity (Wildman–Crippen MR) is 121 cm³/mol. The van der Waals surface area contributed by atoms with Crippen molar-refractivity contribution in [2.75, 3.05) is 19.1 Å². The molecular formula is C26H21NO4. The van der Waals surface area contributed by atoms with Crippen molar-refractivity contribution in [3.8, 4) is 11.5 Å². The lowest BCUT2D eigenvalue weighted by Crippen LogP contribution is -2.29. The number of methoxy groups -OCH3 is 2. The molecule has 154 valence electrons. The van der Waals surface area contributed by atoms with E-state index in [2.05, 4.69) is 0 Å². The molecule has 0 saturated carbocycles. The number of rotatable bonds is 5. The van der Waals surface area contributed by atoms with Gasteiger partial charge in [0.15, 0.2) is 0 Å². The Morgan fingerprint density at radius 1 is 0.613 bits per heavy atom. The number of anilines is 1. The SMILES string of the molecule is COc1ccc(/C=C2\C(=O)N(c3ccccc3)C(=O)\C2=C/c2ccc(OC)cc2)cc1. The van der Waals surface area contributed by atoms with E-state index in [0.717, 1.165) is 22.6 Å². The van der Waals surface area contributed by atoms with E-state index in [1.165, 1.54) is 4.90 Å². The summed E-state index contributed by atoms with van der Waals surface area (Å²) in [6.07, 6.45) is 3.47. The number of para-hydroxylation sites is 1. The molecule has 1 saturated heterocycles. The fraction of sp³-hybridized carbons (Fsp3) is 0.0769. The smallest absolute Gasteiger partial charge is 0.266 e. The zero-order valence-electron chi connectivity index (χ0n) is 17.2. The number of ether oxygens (including phenoxy) is 2. The Labute approximate surface area is 180 Å². The highest BCUT2D eigenvalue weighted by atomic mass is 16.5. The fourth-order valence-corrected chi connectivity index (χ4v) is 3.39. The first kappa shape index (κ1) is 20.2. The molecule has 1 aliphatic heterocycles. The van der Waals surface area contributed by atoms with Gasteiger partial charge in [-0.1, -0.05) is 42.5 Å². The molecule has 5 nitrogen and oxygen atoms in total. The monoisotopic (exact) mass is 411 g/mol. The largest absolute Gasteiger partial charge is 0.497 e. The van der Waals surface area contributed by atoms with Gasteiger partial charge in [-0.25, -0.2) is 4.90 Å². The Morgan fingerprint density at radius 2 is 1.03 bits per heavy atom. The Hall–Kier alpha value is -4.12. The van der Waals surface area contributed by atoms with Crippen LogP contribution in [0.15, 0.2) is 90.0 Å². The molecule has 3 aromatic rings. The van der Waals surface area contributed by atoms with E-state index in [-0.39, 0.29) is 11.8 Å². The van der Waals surface area contributed by atoms with Gasteiger partial charge in [-0.15, -0.1) is 0 Å². The minimum absolute atomic E-state index is 0.342. The lowest BCUT2D eigenvalue weighted by molar-refractivity contribution is -0.119. The molecule has 1 heterocycles. The summed E-state index contributed by atoms with van der Waals surface area (Å²) < 4.78 is 10.4. The molecule has 1 fully saturated rings. The number of nitrogens with zero attached hydrogens (tertiary/aromatic N) is 1. The minimum Gasteiger partial charge on any atom is -0.497 e. The molecule has 4 rings (SSSR count). The second kappa shape index (κ2) is 8.71. The molecule has 2 amide bonds. The first-order valence-electron chi connectivity index (χ1n) is 9.76. The average Bonchev–Trinajstić information content (AvgIpc) is 3.04. The molecule has 0 aromatic heterocycles. The van der Waals surface area contributed by atoms with Crippen LogP contribution in [0, 0.1) is 0 Å². The minimum atomic E-state index is -0.355. The average molecular weight is 411 g/mol. The van der Waals surface area contributed by atoms with Gasteiger partial charge in [0.25, 0.3) is 11.8 Å². The lowest BCUT2D eigenvalue weighted by atomic mass is 10.0. The summed E-state index contributed by atoms with van der Waals surface area (Å²) in [5, 5.41) is 0. The van der Waals surface area contributed by atoms with Gasteiger partial charge < -0.3 is 9.47 Å². The molecule has 0 unspecified atom stereocenters. The summed E-state index contributed by atoms with van der Waals surface area (Å²) in [7, 11) is 3.19. The zero-order chi connectivity index (χ0) is 21.8. The molecule has 5 heteroatoms. The number of imide groups is 1. The van der Waals surface area contributed by atoms with E-state index >= 15 is 0 Å². The van der Waals surface area contributed by atoms with Crippen molar-refractivity contribution in [1.29, 1.82) is 0 Å². The van der Waals surface area contributed by atoms with Crippen molar-refractivity contribution >= 4 is 29.7 Å². The first-order chi connectivity index (χ1) is 15.1. The number of benzene rings is 3. The van der Waals surface area contributed by atoms with Gasteiger partial charge >= 0.3 is 0 Å². The predicted octanol–water partition coefficient (Wildman–Crippen LogP) is 4.74. The molecule has 0 radical (unpaired) electrons. The second-order valence-electron chi connectivity index (χ2n) is 6.94. The lowest BCUT2D eigenvalue weighted by Gasteiger charge is -2.12. The van der Waals surface area contributed by atoms with Crippen LogP contribution in [0.3, 0.4) is 0 Å². The van der Waals surface area contributed by atoms with Crippen LogP contribution in [-0.4, -0.2) is 26.0 Å². The maximum atomic E-state index is 13.3. The van der Waals surface area contributed by atoms with Gasteiger partial charge in [0.1, 0.15) is 11.5 Å². The fourth-order valence-electron chi connectivity index (χ4n) is 3.39. The maximum Gasteiger partial charge on any atom is 0.266 e. The normalized spacial score (nSPS) is 16.3. The molecule has 0 spiro atoms. The Morgan fingerprint density at radius 3 is 1.42 bits per heavy atom. The third-order valence-electron chi connectivity index (χ3n) is 5.03. The topological polar surface area (TPSA) is 55.8 Å². The first-order valence-corrected chi connectivity index (χ1v) is 9.76. The molecule has 3 aromatic carbocycles. The molecule has 0 bridgehead atoms. The number of hydrogen-bond donors (Lipinski definition) is 0. The van der Waals surface area contributed by atoms with E-state index in [9.17, 15) is 9.59 Å². The molecule has 0 aliphatic carbocycles. The summed E-state index contributed by atoms with van der Waals surface area (Å²) in [4.78, 5) is 27.8. The Bertz CT molecular complexity index is 1080. The van der Waals surface area contributed by atoms with Gasteiger partial charge in [0.05, 0.1) is 31.1 Å². The van der Waals surface area contributed by atoms with Crippen molar-refractivity contribution in [2.45, 2.75) is 0 Å².